The van der Waals surface area contributed by atoms with Gasteiger partial charge in [-0.05, 0) is 0 Å². The van der Waals surface area contributed by atoms with E-state index in [2.05, 4.69) is 20.8 Å². The summed E-state index contributed by atoms with van der Waals surface area (Å²) < 4.78 is 0.745. The van der Waals surface area contributed by atoms with Gasteiger partial charge in [0.15, 0.2) is 0 Å². The van der Waals surface area contributed by atoms with E-state index in [1.54, 1.807) is 22.5 Å². The van der Waals surface area contributed by atoms with Gasteiger partial charge in [-0.25, -0.2) is 0 Å². The Labute approximate surface area is 104 Å². The van der Waals surface area contributed by atoms with Crippen LogP contribution in [-0.2, 0) is 0 Å². The standard InChI is InChI=1S/C13H27.Sn/c1-4-7-10-13(11-8-5-2)12-9-6-3;/h4-12H2,1-3H3;/q;+1. The predicted molar refractivity (Wildman–Crippen MR) is 67.0 cm³/mol. The third-order valence-corrected chi connectivity index (χ3v) is 5.17. The Morgan fingerprint density at radius 3 is 1.21 bits per heavy atom. The van der Waals surface area contributed by atoms with Crippen molar-refractivity contribution in [3.8, 4) is 0 Å². The van der Waals surface area contributed by atoms with Crippen LogP contribution in [0.15, 0.2) is 0 Å². The maximum absolute atomic E-state index is 2.32. The van der Waals surface area contributed by atoms with Crippen LogP contribution in [0.25, 0.3) is 0 Å². The first-order chi connectivity index (χ1) is 6.68. The van der Waals surface area contributed by atoms with Crippen molar-refractivity contribution in [1.82, 2.24) is 0 Å². The molecular formula is C13H27Sn+. The van der Waals surface area contributed by atoms with Crippen LogP contribution in [0.5, 0.6) is 0 Å². The quantitative estimate of drug-likeness (QED) is 0.532. The monoisotopic (exact) mass is 303 g/mol. The van der Waals surface area contributed by atoms with E-state index in [0.29, 0.717) is 0 Å². The van der Waals surface area contributed by atoms with E-state index < -0.39 is 0 Å². The van der Waals surface area contributed by atoms with Crippen LogP contribution in [0.4, 0.5) is 0 Å². The van der Waals surface area contributed by atoms with Crippen LogP contribution in [0, 0.1) is 0 Å². The first-order valence-corrected chi connectivity index (χ1v) is 7.86. The third kappa shape index (κ3) is 7.14. The molecule has 0 saturated carbocycles. The van der Waals surface area contributed by atoms with Crippen LogP contribution in [0.3, 0.4) is 0 Å². The Kier molecular flexibility index (Phi) is 9.57. The summed E-state index contributed by atoms with van der Waals surface area (Å²) in [6.45, 7) is 6.95. The fraction of sp³-hybridized carbons (Fsp3) is 1.00. The molecule has 0 atom stereocenters. The topological polar surface area (TPSA) is 0 Å². The average molecular weight is 302 g/mol. The molecule has 0 rings (SSSR count). The van der Waals surface area contributed by atoms with Crippen LogP contribution >= 0.6 is 0 Å². The van der Waals surface area contributed by atoms with Gasteiger partial charge in [-0.1, -0.05) is 0 Å². The first kappa shape index (κ1) is 14.8. The first-order valence-electron chi connectivity index (χ1n) is 6.43. The number of hydrogen-bond acceptors (Lipinski definition) is 0. The Hall–Kier alpha value is 0.799. The fourth-order valence-corrected chi connectivity index (χ4v) is 3.43. The molecule has 0 spiro atoms. The van der Waals surface area contributed by atoms with E-state index in [1.165, 1.54) is 57.8 Å². The summed E-state index contributed by atoms with van der Waals surface area (Å²) in [6, 6.07) is 0. The zero-order chi connectivity index (χ0) is 10.9. The molecule has 0 aliphatic carbocycles. The van der Waals surface area contributed by atoms with Gasteiger partial charge in [-0.15, -0.1) is 0 Å². The van der Waals surface area contributed by atoms with Gasteiger partial charge < -0.3 is 0 Å². The van der Waals surface area contributed by atoms with Crippen molar-refractivity contribution < 1.29 is 0 Å². The molecule has 0 nitrogen and oxygen atoms in total. The molecule has 2 radical (unpaired) electrons. The second-order valence-electron chi connectivity index (χ2n) is 4.59. The maximum atomic E-state index is 2.32. The van der Waals surface area contributed by atoms with Crippen molar-refractivity contribution in [2.75, 3.05) is 0 Å². The van der Waals surface area contributed by atoms with Crippen molar-refractivity contribution in [3.63, 3.8) is 0 Å². The summed E-state index contributed by atoms with van der Waals surface area (Å²) in [5.41, 5.74) is 0. The molecule has 0 unspecified atom stereocenters. The van der Waals surface area contributed by atoms with Crippen molar-refractivity contribution in [3.05, 3.63) is 0 Å². The Morgan fingerprint density at radius 1 is 0.714 bits per heavy atom. The molecule has 0 saturated heterocycles. The van der Waals surface area contributed by atoms with Gasteiger partial charge in [-0.2, -0.15) is 0 Å². The molecule has 14 heavy (non-hydrogen) atoms. The molecule has 0 aliphatic heterocycles. The summed E-state index contributed by atoms with van der Waals surface area (Å²) in [7, 11) is 0. The Balaban J connectivity index is 3.89. The zero-order valence-corrected chi connectivity index (χ0v) is 13.2. The van der Waals surface area contributed by atoms with Crippen LogP contribution in [0.2, 0.25) is 3.43 Å². The van der Waals surface area contributed by atoms with Gasteiger partial charge in [0.2, 0.25) is 0 Å². The molecule has 0 N–H and O–H groups in total. The summed E-state index contributed by atoms with van der Waals surface area (Å²) >= 11 is 1.80. The van der Waals surface area contributed by atoms with Crippen molar-refractivity contribution >= 4 is 22.5 Å². The minimum atomic E-state index is 0.745. The van der Waals surface area contributed by atoms with Gasteiger partial charge in [0.1, 0.15) is 0 Å². The van der Waals surface area contributed by atoms with Crippen LogP contribution in [0.1, 0.15) is 78.6 Å². The summed E-state index contributed by atoms with van der Waals surface area (Å²) in [5, 5.41) is 0. The Bertz CT molecular complexity index is 98.6. The third-order valence-electron chi connectivity index (χ3n) is 3.03. The van der Waals surface area contributed by atoms with Crippen molar-refractivity contribution in [1.29, 1.82) is 0 Å². The van der Waals surface area contributed by atoms with Gasteiger partial charge in [0.25, 0.3) is 0 Å². The molecule has 1 heteroatoms. The molecule has 0 aliphatic rings. The molecule has 0 fully saturated rings. The second-order valence-corrected chi connectivity index (χ2v) is 7.62. The number of hydrogen-bond donors (Lipinski definition) is 0. The van der Waals surface area contributed by atoms with E-state index >= 15 is 0 Å². The van der Waals surface area contributed by atoms with Gasteiger partial charge in [-0.3, -0.25) is 0 Å². The second kappa shape index (κ2) is 9.06. The average Bonchev–Trinajstić information content (AvgIpc) is 2.21. The van der Waals surface area contributed by atoms with Crippen molar-refractivity contribution in [2.24, 2.45) is 0 Å². The summed E-state index contributed by atoms with van der Waals surface area (Å²) in [6.07, 6.45) is 12.9. The molecule has 0 aromatic rings. The minimum absolute atomic E-state index is 0.745. The molecule has 82 valence electrons. The SMILES string of the molecule is CCCC[C]([Sn+])(CCCC)CCCC. The van der Waals surface area contributed by atoms with E-state index in [-0.39, 0.29) is 0 Å². The van der Waals surface area contributed by atoms with Crippen molar-refractivity contribution in [2.45, 2.75) is 82.0 Å². The molecule has 0 aromatic heterocycles. The summed E-state index contributed by atoms with van der Waals surface area (Å²) in [4.78, 5) is 0. The van der Waals surface area contributed by atoms with E-state index in [1.807, 2.05) is 0 Å². The fourth-order valence-electron chi connectivity index (χ4n) is 1.92. The van der Waals surface area contributed by atoms with Crippen LogP contribution < -0.4 is 0 Å². The van der Waals surface area contributed by atoms with E-state index in [4.69, 9.17) is 0 Å². The number of unbranched alkanes of at least 4 members (excludes halogenated alkanes) is 3. The Morgan fingerprint density at radius 2 is 1.00 bits per heavy atom. The molecule has 0 amide bonds. The van der Waals surface area contributed by atoms with E-state index in [0.717, 1.165) is 3.43 Å². The predicted octanol–water partition coefficient (Wildman–Crippen LogP) is 4.88. The van der Waals surface area contributed by atoms with E-state index in [9.17, 15) is 0 Å². The molecular weight excluding hydrogens is 275 g/mol. The van der Waals surface area contributed by atoms with Gasteiger partial charge in [0.05, 0.1) is 0 Å². The molecule has 0 heterocycles. The van der Waals surface area contributed by atoms with Gasteiger partial charge >= 0.3 is 105 Å². The summed E-state index contributed by atoms with van der Waals surface area (Å²) in [5.74, 6) is 0. The normalized spacial score (nSPS) is 11.9. The molecule has 0 aromatic carbocycles. The van der Waals surface area contributed by atoms with Crippen LogP contribution in [-0.4, -0.2) is 22.5 Å². The van der Waals surface area contributed by atoms with Gasteiger partial charge in [0, 0.05) is 0 Å². The number of rotatable bonds is 9. The zero-order valence-electron chi connectivity index (χ0n) is 10.4. The molecule has 0 bridgehead atoms.